The molecule has 0 saturated heterocycles. The van der Waals surface area contributed by atoms with Gasteiger partial charge in [-0.1, -0.05) is 77.6 Å². The summed E-state index contributed by atoms with van der Waals surface area (Å²) >= 11 is 1.33. The summed E-state index contributed by atoms with van der Waals surface area (Å²) < 4.78 is 1.53. The zero-order chi connectivity index (χ0) is 22.5. The van der Waals surface area contributed by atoms with E-state index in [1.165, 1.54) is 16.4 Å². The number of thioether (sulfide) groups is 1. The van der Waals surface area contributed by atoms with E-state index in [4.69, 9.17) is 0 Å². The first-order chi connectivity index (χ1) is 15.5. The van der Waals surface area contributed by atoms with Crippen LogP contribution in [0.1, 0.15) is 34.2 Å². The number of aliphatic imine (C=N–C) groups is 1. The molecule has 2 heterocycles. The Balaban J connectivity index is 1.38. The van der Waals surface area contributed by atoms with E-state index in [0.717, 1.165) is 11.1 Å². The summed E-state index contributed by atoms with van der Waals surface area (Å²) in [6, 6.07) is 19.2. The van der Waals surface area contributed by atoms with E-state index in [0.29, 0.717) is 24.0 Å². The van der Waals surface area contributed by atoms with Gasteiger partial charge < -0.3 is 10.6 Å². The highest BCUT2D eigenvalue weighted by Gasteiger charge is 2.35. The van der Waals surface area contributed by atoms with E-state index in [2.05, 4.69) is 25.9 Å². The number of rotatable bonds is 6. The van der Waals surface area contributed by atoms with Crippen LogP contribution in [0.25, 0.3) is 0 Å². The van der Waals surface area contributed by atoms with Crippen LogP contribution in [0.5, 0.6) is 0 Å². The molecule has 0 saturated carbocycles. The summed E-state index contributed by atoms with van der Waals surface area (Å²) in [6.07, 6.45) is 0. The fourth-order valence-electron chi connectivity index (χ4n) is 3.33. The molecule has 0 spiro atoms. The maximum atomic E-state index is 12.7. The molecule has 2 atom stereocenters. The van der Waals surface area contributed by atoms with Gasteiger partial charge in [-0.3, -0.25) is 14.6 Å². The second-order valence-corrected chi connectivity index (χ2v) is 8.61. The van der Waals surface area contributed by atoms with Crippen LogP contribution in [0.3, 0.4) is 0 Å². The Morgan fingerprint density at radius 1 is 0.969 bits per heavy atom. The number of carbonyl (C=O) groups is 2. The Hall–Kier alpha value is -3.46. The fourth-order valence-corrected chi connectivity index (χ4v) is 4.51. The van der Waals surface area contributed by atoms with Crippen molar-refractivity contribution in [2.45, 2.75) is 38.2 Å². The van der Waals surface area contributed by atoms with Gasteiger partial charge in [0.15, 0.2) is 10.9 Å². The molecule has 1 aliphatic rings. The van der Waals surface area contributed by atoms with Gasteiger partial charge in [0, 0.05) is 13.1 Å². The zero-order valence-electron chi connectivity index (χ0n) is 17.9. The SMILES string of the molecule is Cc1c(C(=O)NCc2ccccc2)nnn1C1=NC(C)C(C(=O)NCc2ccccc2)S1. The third-order valence-electron chi connectivity index (χ3n) is 5.14. The zero-order valence-corrected chi connectivity index (χ0v) is 18.7. The average Bonchev–Trinajstić information content (AvgIpc) is 3.39. The number of nitrogens with zero attached hydrogens (tertiary/aromatic N) is 4. The normalized spacial score (nSPS) is 17.6. The molecule has 4 rings (SSSR count). The van der Waals surface area contributed by atoms with Gasteiger partial charge in [0.05, 0.1) is 11.7 Å². The molecule has 0 bridgehead atoms. The highest BCUT2D eigenvalue weighted by atomic mass is 32.2. The molecule has 2 amide bonds. The van der Waals surface area contributed by atoms with Crippen molar-refractivity contribution in [3.8, 4) is 0 Å². The summed E-state index contributed by atoms with van der Waals surface area (Å²) in [5.74, 6) is -0.380. The molecule has 2 N–H and O–H groups in total. The van der Waals surface area contributed by atoms with Gasteiger partial charge in [0.2, 0.25) is 5.91 Å². The van der Waals surface area contributed by atoms with Crippen molar-refractivity contribution in [2.75, 3.05) is 0 Å². The molecule has 3 aromatic rings. The predicted molar refractivity (Wildman–Crippen MR) is 124 cm³/mol. The van der Waals surface area contributed by atoms with Gasteiger partial charge >= 0.3 is 0 Å². The Morgan fingerprint density at radius 2 is 1.56 bits per heavy atom. The number of hydrogen-bond acceptors (Lipinski definition) is 6. The summed E-state index contributed by atoms with van der Waals surface area (Å²) in [4.78, 5) is 29.9. The Bertz CT molecular complexity index is 1130. The van der Waals surface area contributed by atoms with E-state index in [9.17, 15) is 9.59 Å². The number of carbonyl (C=O) groups excluding carboxylic acids is 2. The summed E-state index contributed by atoms with van der Waals surface area (Å²) in [5, 5.41) is 14.2. The largest absolute Gasteiger partial charge is 0.351 e. The van der Waals surface area contributed by atoms with Gasteiger partial charge in [-0.15, -0.1) is 5.10 Å². The highest BCUT2D eigenvalue weighted by molar-refractivity contribution is 8.15. The Morgan fingerprint density at radius 3 is 2.19 bits per heavy atom. The number of benzene rings is 2. The second kappa shape index (κ2) is 9.78. The third-order valence-corrected chi connectivity index (χ3v) is 6.49. The van der Waals surface area contributed by atoms with Gasteiger partial charge in [-0.25, -0.2) is 0 Å². The monoisotopic (exact) mass is 448 g/mol. The first kappa shape index (κ1) is 21.8. The lowest BCUT2D eigenvalue weighted by atomic mass is 10.2. The molecule has 0 aliphatic carbocycles. The quantitative estimate of drug-likeness (QED) is 0.604. The van der Waals surface area contributed by atoms with Crippen molar-refractivity contribution in [3.63, 3.8) is 0 Å². The van der Waals surface area contributed by atoms with Crippen molar-refractivity contribution in [2.24, 2.45) is 4.99 Å². The van der Waals surface area contributed by atoms with Crippen LogP contribution in [0.2, 0.25) is 0 Å². The standard InChI is InChI=1S/C23H24N6O2S/c1-15-20(22(31)25-14-18-11-7-4-8-12-18)32-23(26-15)29-16(2)19(27-28-29)21(30)24-13-17-9-5-3-6-10-17/h3-12,15,20H,13-14H2,1-2H3,(H,24,30)(H,25,31). The van der Waals surface area contributed by atoms with Crippen LogP contribution in [0.4, 0.5) is 0 Å². The lowest BCUT2D eigenvalue weighted by Crippen LogP contribution is -2.36. The van der Waals surface area contributed by atoms with Crippen LogP contribution in [-0.4, -0.2) is 43.3 Å². The van der Waals surface area contributed by atoms with Crippen LogP contribution >= 0.6 is 11.8 Å². The van der Waals surface area contributed by atoms with Crippen molar-refractivity contribution >= 4 is 28.7 Å². The van der Waals surface area contributed by atoms with Crippen molar-refractivity contribution < 1.29 is 9.59 Å². The van der Waals surface area contributed by atoms with Gasteiger partial charge in [0.25, 0.3) is 5.91 Å². The molecule has 0 fully saturated rings. The minimum Gasteiger partial charge on any atom is -0.351 e. The molecule has 32 heavy (non-hydrogen) atoms. The molecule has 8 nitrogen and oxygen atoms in total. The fraction of sp³-hybridized carbons (Fsp3) is 0.261. The highest BCUT2D eigenvalue weighted by Crippen LogP contribution is 2.28. The van der Waals surface area contributed by atoms with E-state index in [-0.39, 0.29) is 28.8 Å². The molecule has 1 aliphatic heterocycles. The van der Waals surface area contributed by atoms with Gasteiger partial charge in [-0.05, 0) is 25.0 Å². The first-order valence-electron chi connectivity index (χ1n) is 10.3. The minimum absolute atomic E-state index is 0.0799. The summed E-state index contributed by atoms with van der Waals surface area (Å²) in [7, 11) is 0. The number of hydrogen-bond donors (Lipinski definition) is 2. The first-order valence-corrected chi connectivity index (χ1v) is 11.2. The maximum Gasteiger partial charge on any atom is 0.274 e. The van der Waals surface area contributed by atoms with Crippen LogP contribution in [0, 0.1) is 6.92 Å². The minimum atomic E-state index is -0.368. The number of nitrogens with one attached hydrogen (secondary N) is 2. The lowest BCUT2D eigenvalue weighted by Gasteiger charge is -2.13. The lowest BCUT2D eigenvalue weighted by molar-refractivity contribution is -0.120. The van der Waals surface area contributed by atoms with E-state index < -0.39 is 0 Å². The van der Waals surface area contributed by atoms with E-state index >= 15 is 0 Å². The van der Waals surface area contributed by atoms with Crippen LogP contribution < -0.4 is 10.6 Å². The molecular formula is C23H24N6O2S. The van der Waals surface area contributed by atoms with Crippen molar-refractivity contribution in [1.82, 2.24) is 25.6 Å². The summed E-state index contributed by atoms with van der Waals surface area (Å²) in [6.45, 7) is 4.54. The maximum absolute atomic E-state index is 12.7. The Kier molecular flexibility index (Phi) is 6.65. The number of aromatic nitrogens is 3. The summed E-state index contributed by atoms with van der Waals surface area (Å²) in [5.41, 5.74) is 2.86. The third kappa shape index (κ3) is 4.88. The van der Waals surface area contributed by atoms with E-state index in [1.54, 1.807) is 6.92 Å². The van der Waals surface area contributed by atoms with E-state index in [1.807, 2.05) is 67.6 Å². The molecule has 2 aromatic carbocycles. The smallest absolute Gasteiger partial charge is 0.274 e. The molecule has 2 unspecified atom stereocenters. The number of amides is 2. The average molecular weight is 449 g/mol. The predicted octanol–water partition coefficient (Wildman–Crippen LogP) is 2.54. The van der Waals surface area contributed by atoms with Crippen molar-refractivity contribution in [3.05, 3.63) is 83.2 Å². The van der Waals surface area contributed by atoms with Gasteiger partial charge in [0.1, 0.15) is 5.25 Å². The molecule has 0 radical (unpaired) electrons. The second-order valence-electron chi connectivity index (χ2n) is 7.50. The molecule has 164 valence electrons. The van der Waals surface area contributed by atoms with Crippen molar-refractivity contribution in [1.29, 1.82) is 0 Å². The van der Waals surface area contributed by atoms with Gasteiger partial charge in [-0.2, -0.15) is 4.68 Å². The molecular weight excluding hydrogens is 424 g/mol. The van der Waals surface area contributed by atoms with Crippen LogP contribution in [-0.2, 0) is 17.9 Å². The molecule has 1 aromatic heterocycles. The topological polar surface area (TPSA) is 101 Å². The van der Waals surface area contributed by atoms with Crippen LogP contribution in [0.15, 0.2) is 65.7 Å². The molecule has 9 heteroatoms. The Labute approximate surface area is 190 Å².